The van der Waals surface area contributed by atoms with Crippen molar-refractivity contribution in [2.24, 2.45) is 11.8 Å². The SMILES string of the molecule is CCCCCCCCC(CCCCCC)CC1(Br)SC=CC1C(=O)O. The lowest BCUT2D eigenvalue weighted by molar-refractivity contribution is -0.140. The quantitative estimate of drug-likeness (QED) is 0.212. The molecule has 0 bridgehead atoms. The van der Waals surface area contributed by atoms with Crippen molar-refractivity contribution < 1.29 is 9.90 Å². The van der Waals surface area contributed by atoms with E-state index in [1.165, 1.54) is 77.0 Å². The van der Waals surface area contributed by atoms with Gasteiger partial charge >= 0.3 is 5.97 Å². The number of aliphatic carboxylic acids is 1. The molecule has 0 saturated heterocycles. The normalized spacial score (nSPS) is 23.9. The highest BCUT2D eigenvalue weighted by Crippen LogP contribution is 2.51. The fourth-order valence-electron chi connectivity index (χ4n) is 3.70. The molecule has 1 aliphatic heterocycles. The highest BCUT2D eigenvalue weighted by atomic mass is 79.9. The first-order valence-electron chi connectivity index (χ1n) is 10.3. The molecular weight excluding hydrogens is 396 g/mol. The molecule has 4 heteroatoms. The number of hydrogen-bond acceptors (Lipinski definition) is 2. The zero-order chi connectivity index (χ0) is 18.5. The molecule has 0 radical (unpaired) electrons. The molecule has 0 aromatic rings. The third-order valence-electron chi connectivity index (χ3n) is 5.26. The first-order valence-corrected chi connectivity index (χ1v) is 12.0. The Kier molecular flexibility index (Phi) is 12.2. The van der Waals surface area contributed by atoms with Crippen LogP contribution in [0.15, 0.2) is 11.5 Å². The Morgan fingerprint density at radius 2 is 1.56 bits per heavy atom. The van der Waals surface area contributed by atoms with Crippen molar-refractivity contribution in [3.63, 3.8) is 0 Å². The van der Waals surface area contributed by atoms with Gasteiger partial charge in [0.05, 0.1) is 3.66 Å². The van der Waals surface area contributed by atoms with E-state index in [1.807, 2.05) is 11.5 Å². The number of hydrogen-bond donors (Lipinski definition) is 1. The number of carboxylic acids is 1. The Bertz CT molecular complexity index is 399. The molecular formula is C21H37BrO2S. The maximum Gasteiger partial charge on any atom is 0.312 e. The van der Waals surface area contributed by atoms with Gasteiger partial charge in [0.15, 0.2) is 0 Å². The molecule has 0 amide bonds. The predicted octanol–water partition coefficient (Wildman–Crippen LogP) is 7.77. The standard InChI is InChI=1S/C21H37BrO2S/c1-3-5-7-9-10-12-14-18(13-11-8-6-4-2)17-21(22)19(20(23)24)15-16-25-21/h15-16,18-19H,3-14,17H2,1-2H3,(H,23,24). The Hall–Kier alpha value is 0.0400. The minimum Gasteiger partial charge on any atom is -0.481 e. The molecule has 25 heavy (non-hydrogen) atoms. The first-order chi connectivity index (χ1) is 12.0. The topological polar surface area (TPSA) is 37.3 Å². The van der Waals surface area contributed by atoms with Crippen molar-refractivity contribution in [2.75, 3.05) is 0 Å². The smallest absolute Gasteiger partial charge is 0.312 e. The molecule has 0 aliphatic carbocycles. The monoisotopic (exact) mass is 432 g/mol. The number of thioether (sulfide) groups is 1. The summed E-state index contributed by atoms with van der Waals surface area (Å²) in [5.41, 5.74) is 0. The van der Waals surface area contributed by atoms with Crippen LogP contribution in [-0.2, 0) is 4.79 Å². The Morgan fingerprint density at radius 3 is 2.12 bits per heavy atom. The summed E-state index contributed by atoms with van der Waals surface area (Å²) in [6.45, 7) is 4.51. The van der Waals surface area contributed by atoms with Crippen molar-refractivity contribution in [3.05, 3.63) is 11.5 Å². The number of alkyl halides is 1. The van der Waals surface area contributed by atoms with E-state index in [9.17, 15) is 9.90 Å². The minimum absolute atomic E-state index is 0.337. The van der Waals surface area contributed by atoms with Gasteiger partial charge in [-0.15, -0.1) is 11.8 Å². The molecule has 0 aromatic carbocycles. The van der Waals surface area contributed by atoms with Gasteiger partial charge in [0, 0.05) is 0 Å². The van der Waals surface area contributed by atoms with Gasteiger partial charge < -0.3 is 5.11 Å². The predicted molar refractivity (Wildman–Crippen MR) is 114 cm³/mol. The van der Waals surface area contributed by atoms with Crippen LogP contribution < -0.4 is 0 Å². The summed E-state index contributed by atoms with van der Waals surface area (Å²) in [6.07, 6.45) is 18.5. The zero-order valence-electron chi connectivity index (χ0n) is 16.1. The molecule has 0 spiro atoms. The highest BCUT2D eigenvalue weighted by molar-refractivity contribution is 9.12. The Morgan fingerprint density at radius 1 is 1.04 bits per heavy atom. The van der Waals surface area contributed by atoms with Crippen LogP contribution in [0.5, 0.6) is 0 Å². The second kappa shape index (κ2) is 13.2. The highest BCUT2D eigenvalue weighted by Gasteiger charge is 2.44. The van der Waals surface area contributed by atoms with Crippen LogP contribution in [0.4, 0.5) is 0 Å². The average molecular weight is 433 g/mol. The largest absolute Gasteiger partial charge is 0.481 e. The lowest BCUT2D eigenvalue weighted by Crippen LogP contribution is -2.32. The van der Waals surface area contributed by atoms with Gasteiger partial charge in [-0.3, -0.25) is 4.79 Å². The maximum atomic E-state index is 11.6. The van der Waals surface area contributed by atoms with E-state index >= 15 is 0 Å². The molecule has 1 aliphatic rings. The van der Waals surface area contributed by atoms with Crippen molar-refractivity contribution in [1.29, 1.82) is 0 Å². The van der Waals surface area contributed by atoms with E-state index in [-0.39, 0.29) is 3.66 Å². The fourth-order valence-corrected chi connectivity index (χ4v) is 5.95. The lowest BCUT2D eigenvalue weighted by Gasteiger charge is -2.30. The van der Waals surface area contributed by atoms with E-state index in [2.05, 4.69) is 29.8 Å². The zero-order valence-corrected chi connectivity index (χ0v) is 18.5. The first kappa shape index (κ1) is 23.1. The van der Waals surface area contributed by atoms with Crippen molar-refractivity contribution >= 4 is 33.7 Å². The molecule has 0 fully saturated rings. The van der Waals surface area contributed by atoms with Crippen LogP contribution in [0.2, 0.25) is 0 Å². The van der Waals surface area contributed by atoms with Crippen molar-refractivity contribution in [1.82, 2.24) is 0 Å². The van der Waals surface area contributed by atoms with Crippen LogP contribution in [0.1, 0.15) is 97.3 Å². The maximum absolute atomic E-state index is 11.6. The molecule has 2 nitrogen and oxygen atoms in total. The van der Waals surface area contributed by atoms with Gasteiger partial charge in [-0.2, -0.15) is 0 Å². The van der Waals surface area contributed by atoms with Crippen LogP contribution in [-0.4, -0.2) is 14.7 Å². The van der Waals surface area contributed by atoms with Gasteiger partial charge in [0.25, 0.3) is 0 Å². The minimum atomic E-state index is -0.706. The summed E-state index contributed by atoms with van der Waals surface area (Å²) < 4.78 is -0.337. The van der Waals surface area contributed by atoms with Gasteiger partial charge in [0.2, 0.25) is 0 Å². The molecule has 3 atom stereocenters. The fraction of sp³-hybridized carbons (Fsp3) is 0.857. The summed E-state index contributed by atoms with van der Waals surface area (Å²) in [6, 6.07) is 0. The molecule has 146 valence electrons. The van der Waals surface area contributed by atoms with E-state index in [1.54, 1.807) is 11.8 Å². The Labute approximate surface area is 167 Å². The van der Waals surface area contributed by atoms with Crippen LogP contribution in [0.3, 0.4) is 0 Å². The van der Waals surface area contributed by atoms with Crippen molar-refractivity contribution in [3.8, 4) is 0 Å². The number of halogens is 1. The summed E-state index contributed by atoms with van der Waals surface area (Å²) in [7, 11) is 0. The number of unbranched alkanes of at least 4 members (excludes halogenated alkanes) is 8. The molecule has 0 saturated carbocycles. The van der Waals surface area contributed by atoms with E-state index in [0.29, 0.717) is 5.92 Å². The van der Waals surface area contributed by atoms with E-state index in [4.69, 9.17) is 0 Å². The molecule has 1 heterocycles. The Balaban J connectivity index is 2.47. The second-order valence-electron chi connectivity index (χ2n) is 7.52. The van der Waals surface area contributed by atoms with Gasteiger partial charge in [-0.1, -0.05) is 113 Å². The third kappa shape index (κ3) is 8.99. The average Bonchev–Trinajstić information content (AvgIpc) is 2.96. The molecule has 1 N–H and O–H groups in total. The summed E-state index contributed by atoms with van der Waals surface area (Å²) in [5, 5.41) is 11.5. The summed E-state index contributed by atoms with van der Waals surface area (Å²) in [5.74, 6) is -0.473. The van der Waals surface area contributed by atoms with Crippen molar-refractivity contribution in [2.45, 2.75) is 101 Å². The summed E-state index contributed by atoms with van der Waals surface area (Å²) in [4.78, 5) is 11.6. The number of carboxylic acid groups (broad SMARTS) is 1. The second-order valence-corrected chi connectivity index (χ2v) is 10.7. The molecule has 1 rings (SSSR count). The van der Waals surface area contributed by atoms with Gasteiger partial charge in [0.1, 0.15) is 5.92 Å². The van der Waals surface area contributed by atoms with Crippen LogP contribution in [0.25, 0.3) is 0 Å². The summed E-state index contributed by atoms with van der Waals surface area (Å²) >= 11 is 5.46. The molecule has 0 aromatic heterocycles. The van der Waals surface area contributed by atoms with E-state index in [0.717, 1.165) is 6.42 Å². The third-order valence-corrected chi connectivity index (χ3v) is 7.75. The number of carbonyl (C=O) groups is 1. The van der Waals surface area contributed by atoms with Gasteiger partial charge in [-0.05, 0) is 17.7 Å². The lowest BCUT2D eigenvalue weighted by atomic mass is 9.87. The van der Waals surface area contributed by atoms with Gasteiger partial charge in [-0.25, -0.2) is 0 Å². The molecule has 3 unspecified atom stereocenters. The van der Waals surface area contributed by atoms with Crippen LogP contribution in [0, 0.1) is 11.8 Å². The van der Waals surface area contributed by atoms with E-state index < -0.39 is 11.9 Å². The van der Waals surface area contributed by atoms with Crippen LogP contribution >= 0.6 is 27.7 Å². The number of rotatable bonds is 15.